The first-order valence-corrected chi connectivity index (χ1v) is 15.2. The van der Waals surface area contributed by atoms with Crippen molar-refractivity contribution >= 4 is 34.8 Å². The van der Waals surface area contributed by atoms with Crippen molar-refractivity contribution in [2.75, 3.05) is 26.7 Å². The van der Waals surface area contributed by atoms with Crippen LogP contribution in [0.4, 0.5) is 0 Å². The quantitative estimate of drug-likeness (QED) is 0.222. The van der Waals surface area contributed by atoms with Crippen LogP contribution in [-0.2, 0) is 20.8 Å². The summed E-state index contributed by atoms with van der Waals surface area (Å²) < 4.78 is 0. The van der Waals surface area contributed by atoms with Crippen molar-refractivity contribution in [3.8, 4) is 5.75 Å². The molecule has 5 atom stereocenters. The van der Waals surface area contributed by atoms with E-state index in [9.17, 15) is 34.8 Å². The number of halogens is 1. The summed E-state index contributed by atoms with van der Waals surface area (Å²) in [6.45, 7) is 6.14. The molecule has 1 unspecified atom stereocenters. The molecule has 5 rings (SSSR count). The van der Waals surface area contributed by atoms with Crippen molar-refractivity contribution in [1.29, 1.82) is 0 Å². The van der Waals surface area contributed by atoms with E-state index in [1.807, 2.05) is 0 Å². The van der Waals surface area contributed by atoms with E-state index < -0.39 is 58.0 Å². The van der Waals surface area contributed by atoms with Gasteiger partial charge in [-0.3, -0.25) is 24.2 Å². The molecule has 1 aliphatic heterocycles. The minimum atomic E-state index is -2.66. The number of carbonyl (C=O) groups is 3. The highest BCUT2D eigenvalue weighted by Gasteiger charge is 2.64. The topological polar surface area (TPSA) is 165 Å². The second-order valence-corrected chi connectivity index (χ2v) is 12.5. The van der Waals surface area contributed by atoms with Crippen LogP contribution in [0.5, 0.6) is 5.75 Å². The van der Waals surface area contributed by atoms with Gasteiger partial charge in [-0.25, -0.2) is 0 Å². The average molecular weight is 602 g/mol. The number of aliphatic hydroxyl groups excluding tert-OH is 2. The molecule has 1 saturated carbocycles. The first kappa shape index (κ1) is 30.5. The molecule has 4 aliphatic rings. The maximum absolute atomic E-state index is 14.1. The third-order valence-electron chi connectivity index (χ3n) is 9.87. The number of unbranched alkanes of at least 4 members (excludes halogenated alkanes) is 2. The van der Waals surface area contributed by atoms with Gasteiger partial charge in [-0.1, -0.05) is 38.3 Å². The summed E-state index contributed by atoms with van der Waals surface area (Å²) in [6.07, 6.45) is 5.40. The Kier molecular flexibility index (Phi) is 8.21. The van der Waals surface area contributed by atoms with Gasteiger partial charge >= 0.3 is 0 Å². The number of phenols is 1. The van der Waals surface area contributed by atoms with E-state index in [1.54, 1.807) is 24.9 Å². The monoisotopic (exact) mass is 601 g/mol. The van der Waals surface area contributed by atoms with Gasteiger partial charge in [0.1, 0.15) is 22.8 Å². The van der Waals surface area contributed by atoms with Crippen molar-refractivity contribution in [3.05, 3.63) is 44.7 Å². The number of hydrogen-bond acceptors (Lipinski definition) is 9. The number of Topliss-reactive ketones (excluding diaryl/α,β-unsaturated/α-hetero) is 2. The van der Waals surface area contributed by atoms with Gasteiger partial charge in [0, 0.05) is 22.6 Å². The zero-order valence-corrected chi connectivity index (χ0v) is 25.1. The van der Waals surface area contributed by atoms with E-state index >= 15 is 0 Å². The number of nitrogens with zero attached hydrogens (tertiary/aromatic N) is 2. The number of hydrogen-bond donors (Lipinski definition) is 5. The molecule has 0 radical (unpaired) electrons. The normalized spacial score (nSPS) is 29.7. The summed E-state index contributed by atoms with van der Waals surface area (Å²) in [6, 6.07) is 0.460. The van der Waals surface area contributed by atoms with Crippen LogP contribution in [-0.4, -0.2) is 86.0 Å². The number of aromatic hydroxyl groups is 1. The Morgan fingerprint density at radius 2 is 1.93 bits per heavy atom. The van der Waals surface area contributed by atoms with Crippen molar-refractivity contribution in [2.45, 2.75) is 76.5 Å². The molecule has 1 aromatic rings. The van der Waals surface area contributed by atoms with Crippen LogP contribution in [0.3, 0.4) is 0 Å². The minimum absolute atomic E-state index is 0.0176. The molecule has 1 heterocycles. The molecule has 0 bridgehead atoms. The number of likely N-dealkylation sites (tertiary alicyclic amines) is 1. The summed E-state index contributed by atoms with van der Waals surface area (Å²) in [7, 11) is 1.63. The van der Waals surface area contributed by atoms with E-state index in [0.29, 0.717) is 17.1 Å². The highest BCUT2D eigenvalue weighted by Crippen LogP contribution is 2.54. The summed E-state index contributed by atoms with van der Waals surface area (Å²) >= 11 is 7.04. The number of primary amides is 1. The van der Waals surface area contributed by atoms with Crippen LogP contribution in [0.2, 0.25) is 5.02 Å². The minimum Gasteiger partial charge on any atom is -0.508 e. The SMILES string of the molecule is CCCCCN1CCCC1c1cc(O)c2c(c1Cl)C[C@H]1C[C@H]3[C@H](N(C)CC)C(=O)C(C(N)=O)=C(O)[C@@]3(O)C(=O)C1=C2O. The van der Waals surface area contributed by atoms with Gasteiger partial charge in [0.05, 0.1) is 11.6 Å². The van der Waals surface area contributed by atoms with E-state index in [1.165, 1.54) is 0 Å². The van der Waals surface area contributed by atoms with Gasteiger partial charge in [-0.05, 0) is 81.9 Å². The molecule has 10 nitrogen and oxygen atoms in total. The lowest BCUT2D eigenvalue weighted by Gasteiger charge is -2.50. The van der Waals surface area contributed by atoms with Gasteiger partial charge in [-0.2, -0.15) is 0 Å². The molecule has 1 saturated heterocycles. The lowest BCUT2D eigenvalue weighted by Crippen LogP contribution is -2.66. The van der Waals surface area contributed by atoms with Crippen molar-refractivity contribution in [3.63, 3.8) is 0 Å². The Labute approximate surface area is 250 Å². The van der Waals surface area contributed by atoms with Crippen LogP contribution >= 0.6 is 11.6 Å². The number of carbonyl (C=O) groups excluding carboxylic acids is 3. The number of aliphatic hydroxyl groups is 3. The molecular weight excluding hydrogens is 562 g/mol. The molecule has 2 fully saturated rings. The average Bonchev–Trinajstić information content (AvgIpc) is 3.40. The van der Waals surface area contributed by atoms with Gasteiger partial charge in [-0.15, -0.1) is 0 Å². The molecule has 0 aromatic heterocycles. The van der Waals surface area contributed by atoms with Crippen LogP contribution in [0.25, 0.3) is 5.76 Å². The fourth-order valence-corrected chi connectivity index (χ4v) is 8.02. The molecule has 0 spiro atoms. The standard InChI is InChI=1S/C31H40ClN3O7/c1-4-6-7-10-35-11-8-9-19(35)16-14-20(36)22-17(24(16)32)12-15-13-18-25(34(3)5-2)27(38)23(30(33)41)29(40)31(18,42)28(39)21(15)26(22)37/h14-15,18-19,25,36-37,40,42H,4-13H2,1-3H3,(H2,33,41)/t15-,18-,19?,25-,31-/m0/s1. The number of amides is 1. The Balaban J connectivity index is 1.62. The van der Waals surface area contributed by atoms with Crippen LogP contribution in [0.1, 0.15) is 75.1 Å². The molecule has 3 aliphatic carbocycles. The number of likely N-dealkylation sites (N-methyl/N-ethyl adjacent to an activating group) is 1. The lowest BCUT2D eigenvalue weighted by atomic mass is 9.57. The van der Waals surface area contributed by atoms with Crippen molar-refractivity contribution < 1.29 is 34.8 Å². The van der Waals surface area contributed by atoms with Gasteiger partial charge in [0.25, 0.3) is 5.91 Å². The summed E-state index contributed by atoms with van der Waals surface area (Å²) in [4.78, 5) is 43.7. The third-order valence-corrected chi connectivity index (χ3v) is 10.3. The fraction of sp³-hybridized carbons (Fsp3) is 0.581. The number of benzene rings is 1. The molecule has 1 aromatic carbocycles. The zero-order valence-electron chi connectivity index (χ0n) is 24.3. The molecular formula is C31H40ClN3O7. The van der Waals surface area contributed by atoms with E-state index in [4.69, 9.17) is 17.3 Å². The number of ketones is 2. The maximum Gasteiger partial charge on any atom is 0.255 e. The lowest BCUT2D eigenvalue weighted by molar-refractivity contribution is -0.154. The Morgan fingerprint density at radius 1 is 1.21 bits per heavy atom. The smallest absolute Gasteiger partial charge is 0.255 e. The van der Waals surface area contributed by atoms with Crippen LogP contribution in [0, 0.1) is 11.8 Å². The first-order valence-electron chi connectivity index (χ1n) is 14.9. The van der Waals surface area contributed by atoms with Crippen molar-refractivity contribution in [1.82, 2.24) is 9.80 Å². The predicted octanol–water partition coefficient (Wildman–Crippen LogP) is 3.33. The Bertz CT molecular complexity index is 1410. The maximum atomic E-state index is 14.1. The molecule has 11 heteroatoms. The molecule has 228 valence electrons. The van der Waals surface area contributed by atoms with Crippen molar-refractivity contribution in [2.24, 2.45) is 17.6 Å². The largest absolute Gasteiger partial charge is 0.508 e. The van der Waals surface area contributed by atoms with Gasteiger partial charge in [0.2, 0.25) is 5.78 Å². The summed E-state index contributed by atoms with van der Waals surface area (Å²) in [5.74, 6) is -6.67. The van der Waals surface area contributed by atoms with Gasteiger partial charge < -0.3 is 26.2 Å². The number of rotatable bonds is 8. The number of phenolic OH excluding ortho intramolecular Hbond substituents is 1. The second kappa shape index (κ2) is 11.3. The Hall–Kier alpha value is -2.92. The van der Waals surface area contributed by atoms with Gasteiger partial charge in [0.15, 0.2) is 11.4 Å². The fourth-order valence-electron chi connectivity index (χ4n) is 7.67. The van der Waals surface area contributed by atoms with Crippen LogP contribution < -0.4 is 5.73 Å². The summed E-state index contributed by atoms with van der Waals surface area (Å²) in [5.41, 5.74) is 3.07. The second-order valence-electron chi connectivity index (χ2n) is 12.1. The first-order chi connectivity index (χ1) is 19.9. The predicted molar refractivity (Wildman–Crippen MR) is 157 cm³/mol. The number of nitrogens with two attached hydrogens (primary N) is 1. The number of fused-ring (bicyclic) bond motifs is 3. The highest BCUT2D eigenvalue weighted by molar-refractivity contribution is 6.33. The molecule has 1 amide bonds. The molecule has 6 N–H and O–H groups in total. The highest BCUT2D eigenvalue weighted by atomic mass is 35.5. The zero-order chi connectivity index (χ0) is 30.7. The van der Waals surface area contributed by atoms with E-state index in [-0.39, 0.29) is 35.8 Å². The van der Waals surface area contributed by atoms with Crippen LogP contribution in [0.15, 0.2) is 23.0 Å². The van der Waals surface area contributed by atoms with E-state index in [2.05, 4.69) is 11.8 Å². The molecule has 42 heavy (non-hydrogen) atoms. The van der Waals surface area contributed by atoms with E-state index in [0.717, 1.165) is 50.8 Å². The Morgan fingerprint density at radius 3 is 2.57 bits per heavy atom. The third kappa shape index (κ3) is 4.46. The summed E-state index contributed by atoms with van der Waals surface area (Å²) in [5, 5.41) is 46.0.